The molecule has 158 valence electrons. The predicted molar refractivity (Wildman–Crippen MR) is 116 cm³/mol. The first-order chi connectivity index (χ1) is 14.4. The van der Waals surface area contributed by atoms with Crippen LogP contribution in [0, 0.1) is 12.8 Å². The highest BCUT2D eigenvalue weighted by atomic mass is 35.5. The summed E-state index contributed by atoms with van der Waals surface area (Å²) >= 11 is 6.36. The SMILES string of the molecule is Cc1cc(OCCOC2CC(C(=O)O)C2)ccc1C1=Nc2c(Cl)cccc2C(C)N1. The van der Waals surface area contributed by atoms with Gasteiger partial charge < -0.3 is 19.9 Å². The van der Waals surface area contributed by atoms with Gasteiger partial charge in [-0.2, -0.15) is 0 Å². The third-order valence-corrected chi connectivity index (χ3v) is 5.97. The molecule has 2 aromatic carbocycles. The van der Waals surface area contributed by atoms with Crippen molar-refractivity contribution in [1.29, 1.82) is 0 Å². The molecule has 1 heterocycles. The van der Waals surface area contributed by atoms with E-state index >= 15 is 0 Å². The van der Waals surface area contributed by atoms with Crippen molar-refractivity contribution >= 4 is 29.1 Å². The normalized spacial score (nSPS) is 22.4. The van der Waals surface area contributed by atoms with Crippen molar-refractivity contribution in [3.63, 3.8) is 0 Å². The monoisotopic (exact) mass is 428 g/mol. The second-order valence-corrected chi connectivity index (χ2v) is 8.24. The van der Waals surface area contributed by atoms with Gasteiger partial charge in [-0.1, -0.05) is 23.7 Å². The first kappa shape index (κ1) is 20.7. The van der Waals surface area contributed by atoms with Crippen LogP contribution in [0.3, 0.4) is 0 Å². The van der Waals surface area contributed by atoms with E-state index in [1.165, 1.54) is 0 Å². The molecule has 30 heavy (non-hydrogen) atoms. The van der Waals surface area contributed by atoms with E-state index in [-0.39, 0.29) is 18.1 Å². The van der Waals surface area contributed by atoms with E-state index in [4.69, 9.17) is 31.2 Å². The van der Waals surface area contributed by atoms with Crippen LogP contribution in [-0.2, 0) is 9.53 Å². The fourth-order valence-corrected chi connectivity index (χ4v) is 4.06. The van der Waals surface area contributed by atoms with E-state index < -0.39 is 5.97 Å². The average molecular weight is 429 g/mol. The molecule has 1 saturated carbocycles. The molecule has 2 aromatic rings. The van der Waals surface area contributed by atoms with Crippen LogP contribution in [0.1, 0.15) is 42.5 Å². The Morgan fingerprint density at radius 1 is 1.27 bits per heavy atom. The van der Waals surface area contributed by atoms with Crippen LogP contribution >= 0.6 is 11.6 Å². The Hall–Kier alpha value is -2.57. The Labute approximate surface area is 180 Å². The van der Waals surface area contributed by atoms with E-state index in [1.807, 2.05) is 43.3 Å². The number of halogens is 1. The highest BCUT2D eigenvalue weighted by molar-refractivity contribution is 6.33. The summed E-state index contributed by atoms with van der Waals surface area (Å²) in [4.78, 5) is 15.6. The van der Waals surface area contributed by atoms with Crippen molar-refractivity contribution in [3.8, 4) is 5.75 Å². The smallest absolute Gasteiger partial charge is 0.306 e. The Morgan fingerprint density at radius 3 is 2.80 bits per heavy atom. The number of hydrogen-bond acceptors (Lipinski definition) is 5. The van der Waals surface area contributed by atoms with Crippen molar-refractivity contribution < 1.29 is 19.4 Å². The van der Waals surface area contributed by atoms with E-state index in [0.29, 0.717) is 31.1 Å². The molecule has 0 aromatic heterocycles. The van der Waals surface area contributed by atoms with Crippen LogP contribution in [0.15, 0.2) is 41.4 Å². The molecule has 1 aliphatic carbocycles. The molecule has 0 radical (unpaired) electrons. The minimum Gasteiger partial charge on any atom is -0.491 e. The van der Waals surface area contributed by atoms with E-state index in [2.05, 4.69) is 12.2 Å². The number of hydrogen-bond donors (Lipinski definition) is 2. The zero-order chi connectivity index (χ0) is 21.3. The zero-order valence-electron chi connectivity index (χ0n) is 17.0. The fraction of sp³-hybridized carbons (Fsp3) is 0.391. The van der Waals surface area contributed by atoms with Gasteiger partial charge in [0.15, 0.2) is 0 Å². The van der Waals surface area contributed by atoms with Crippen LogP contribution in [0.25, 0.3) is 0 Å². The third-order valence-electron chi connectivity index (χ3n) is 5.66. The lowest BCUT2D eigenvalue weighted by Crippen LogP contribution is -2.37. The summed E-state index contributed by atoms with van der Waals surface area (Å²) in [7, 11) is 0. The number of carboxylic acid groups (broad SMARTS) is 1. The summed E-state index contributed by atoms with van der Waals surface area (Å²) in [5, 5.41) is 13.0. The molecule has 0 amide bonds. The van der Waals surface area contributed by atoms with E-state index in [9.17, 15) is 4.79 Å². The van der Waals surface area contributed by atoms with Gasteiger partial charge in [-0.3, -0.25) is 4.79 Å². The maximum Gasteiger partial charge on any atom is 0.306 e. The molecular formula is C23H25ClN2O4. The average Bonchev–Trinajstić information content (AvgIpc) is 2.67. The summed E-state index contributed by atoms with van der Waals surface area (Å²) in [5.41, 5.74) is 3.96. The molecule has 2 aliphatic rings. The summed E-state index contributed by atoms with van der Waals surface area (Å²) in [6, 6.07) is 11.9. The molecule has 0 bridgehead atoms. The zero-order valence-corrected chi connectivity index (χ0v) is 17.8. The second-order valence-electron chi connectivity index (χ2n) is 7.83. The van der Waals surface area contributed by atoms with E-state index in [1.54, 1.807) is 0 Å². The van der Waals surface area contributed by atoms with Crippen molar-refractivity contribution in [3.05, 3.63) is 58.1 Å². The maximum absolute atomic E-state index is 10.8. The third kappa shape index (κ3) is 4.30. The molecule has 1 unspecified atom stereocenters. The molecule has 2 N–H and O–H groups in total. The minimum absolute atomic E-state index is 0.0332. The van der Waals surface area contributed by atoms with Crippen LogP contribution in [0.4, 0.5) is 5.69 Å². The molecule has 4 rings (SSSR count). The number of carbonyl (C=O) groups is 1. The number of nitrogens with zero attached hydrogens (tertiary/aromatic N) is 1. The number of para-hydroxylation sites is 1. The quantitative estimate of drug-likeness (QED) is 0.627. The topological polar surface area (TPSA) is 80.2 Å². The van der Waals surface area contributed by atoms with Gasteiger partial charge in [-0.15, -0.1) is 0 Å². The van der Waals surface area contributed by atoms with Gasteiger partial charge in [0.1, 0.15) is 18.2 Å². The summed E-state index contributed by atoms with van der Waals surface area (Å²) in [6.07, 6.45) is 1.21. The number of carboxylic acids is 1. The number of aryl methyl sites for hydroxylation is 1. The van der Waals surface area contributed by atoms with Gasteiger partial charge in [0.25, 0.3) is 0 Å². The Morgan fingerprint density at radius 2 is 2.07 bits per heavy atom. The maximum atomic E-state index is 10.8. The molecule has 0 saturated heterocycles. The predicted octanol–water partition coefficient (Wildman–Crippen LogP) is 4.65. The molecule has 1 atom stereocenters. The molecule has 1 aliphatic heterocycles. The van der Waals surface area contributed by atoms with Gasteiger partial charge >= 0.3 is 5.97 Å². The number of benzene rings is 2. The lowest BCUT2D eigenvalue weighted by Gasteiger charge is -2.32. The van der Waals surface area contributed by atoms with E-state index in [0.717, 1.165) is 34.0 Å². The van der Waals surface area contributed by atoms with Crippen molar-refractivity contribution in [1.82, 2.24) is 5.32 Å². The summed E-state index contributed by atoms with van der Waals surface area (Å²) in [5.74, 6) is 0.569. The molecular weight excluding hydrogens is 404 g/mol. The Balaban J connectivity index is 1.36. The van der Waals surface area contributed by atoms with Crippen molar-refractivity contribution in [2.75, 3.05) is 13.2 Å². The highest BCUT2D eigenvalue weighted by Gasteiger charge is 2.35. The van der Waals surface area contributed by atoms with Crippen molar-refractivity contribution in [2.24, 2.45) is 10.9 Å². The van der Waals surface area contributed by atoms with Gasteiger partial charge in [-0.05, 0) is 56.5 Å². The Kier molecular flexibility index (Phi) is 5.97. The number of aliphatic imine (C=N–C) groups is 1. The lowest BCUT2D eigenvalue weighted by molar-refractivity contribution is -0.151. The Bertz CT molecular complexity index is 985. The second kappa shape index (κ2) is 8.66. The van der Waals surface area contributed by atoms with Gasteiger partial charge in [0.05, 0.1) is 35.4 Å². The molecule has 7 heteroatoms. The fourth-order valence-electron chi connectivity index (χ4n) is 3.83. The summed E-state index contributed by atoms with van der Waals surface area (Å²) < 4.78 is 11.5. The van der Waals surface area contributed by atoms with Gasteiger partial charge in [-0.25, -0.2) is 4.99 Å². The largest absolute Gasteiger partial charge is 0.491 e. The molecule has 0 spiro atoms. The van der Waals surface area contributed by atoms with Crippen molar-refractivity contribution in [2.45, 2.75) is 38.8 Å². The standard InChI is InChI=1S/C23H25ClN2O4/c1-13-10-16(29-8-9-30-17-11-15(12-17)23(27)28)6-7-18(13)22-25-14(2)19-4-3-5-20(24)21(19)26-22/h3-7,10,14-15,17H,8-9,11-12H2,1-2H3,(H,25,26)(H,27,28). The number of fused-ring (bicyclic) bond motifs is 1. The molecule has 6 nitrogen and oxygen atoms in total. The van der Waals surface area contributed by atoms with Crippen LogP contribution in [0.2, 0.25) is 5.02 Å². The summed E-state index contributed by atoms with van der Waals surface area (Å²) in [6.45, 7) is 4.98. The van der Waals surface area contributed by atoms with Gasteiger partial charge in [0, 0.05) is 11.1 Å². The number of nitrogens with one attached hydrogen (secondary N) is 1. The number of amidine groups is 1. The number of ether oxygens (including phenoxy) is 2. The van der Waals surface area contributed by atoms with Gasteiger partial charge in [0.2, 0.25) is 0 Å². The van der Waals surface area contributed by atoms with Crippen LogP contribution < -0.4 is 10.1 Å². The lowest BCUT2D eigenvalue weighted by atomic mass is 9.82. The minimum atomic E-state index is -0.737. The first-order valence-corrected chi connectivity index (χ1v) is 10.5. The number of aliphatic carboxylic acids is 1. The molecule has 1 fully saturated rings. The number of rotatable bonds is 7. The van der Waals surface area contributed by atoms with Crippen LogP contribution in [0.5, 0.6) is 5.75 Å². The highest BCUT2D eigenvalue weighted by Crippen LogP contribution is 2.36. The first-order valence-electron chi connectivity index (χ1n) is 10.1. The van der Waals surface area contributed by atoms with Crippen LogP contribution in [-0.4, -0.2) is 36.2 Å².